The molecular weight excluding hydrogens is 330 g/mol. The Labute approximate surface area is 158 Å². The number of aliphatic hydroxyl groups excluding tert-OH is 1. The molecule has 0 aromatic carbocycles. The molecule has 2 N–H and O–H groups in total. The Morgan fingerprint density at radius 3 is 1.96 bits per heavy atom. The van der Waals surface area contributed by atoms with Crippen molar-refractivity contribution in [3.63, 3.8) is 0 Å². The van der Waals surface area contributed by atoms with Crippen LogP contribution in [0.2, 0.25) is 0 Å². The second kappa shape index (κ2) is 8.39. The molecule has 2 saturated carbocycles. The van der Waals surface area contributed by atoms with Gasteiger partial charge in [0.15, 0.2) is 0 Å². The van der Waals surface area contributed by atoms with Gasteiger partial charge in [0.25, 0.3) is 0 Å². The van der Waals surface area contributed by atoms with Gasteiger partial charge in [-0.2, -0.15) is 0 Å². The third-order valence-electron chi connectivity index (χ3n) is 6.82. The number of rotatable bonds is 6. The number of ketones is 1. The molecule has 0 bridgehead atoms. The van der Waals surface area contributed by atoms with Crippen LogP contribution in [0.4, 0.5) is 0 Å². The van der Waals surface area contributed by atoms with Crippen molar-refractivity contribution in [3.8, 4) is 0 Å². The molecule has 5 heteroatoms. The van der Waals surface area contributed by atoms with Crippen molar-refractivity contribution in [2.24, 2.45) is 11.3 Å². The minimum atomic E-state index is -0.666. The zero-order chi connectivity index (χ0) is 19.5. The highest BCUT2D eigenvalue weighted by molar-refractivity contribution is 5.83. The average molecular weight is 368 g/mol. The van der Waals surface area contributed by atoms with Crippen molar-refractivity contribution in [2.75, 3.05) is 0 Å². The van der Waals surface area contributed by atoms with Crippen molar-refractivity contribution < 1.29 is 19.4 Å². The van der Waals surface area contributed by atoms with Crippen LogP contribution in [0.15, 0.2) is 0 Å². The van der Waals surface area contributed by atoms with Crippen LogP contribution in [-0.4, -0.2) is 40.6 Å². The van der Waals surface area contributed by atoms with Crippen LogP contribution in [0.3, 0.4) is 0 Å². The highest BCUT2D eigenvalue weighted by Gasteiger charge is 2.46. The van der Waals surface area contributed by atoms with Gasteiger partial charge in [-0.1, -0.05) is 0 Å². The summed E-state index contributed by atoms with van der Waals surface area (Å²) in [6, 6.07) is 0.151. The number of carbonyl (C=O) groups is 2. The van der Waals surface area contributed by atoms with Gasteiger partial charge in [-0.3, -0.25) is 9.59 Å². The van der Waals surface area contributed by atoms with E-state index in [4.69, 9.17) is 4.74 Å². The van der Waals surface area contributed by atoms with Gasteiger partial charge in [0.05, 0.1) is 23.2 Å². The topological polar surface area (TPSA) is 75.6 Å². The largest absolute Gasteiger partial charge is 0.393 e. The van der Waals surface area contributed by atoms with Crippen LogP contribution in [-0.2, 0) is 14.3 Å². The van der Waals surface area contributed by atoms with Crippen LogP contribution in [0.25, 0.3) is 0 Å². The smallest absolute Gasteiger partial charge is 0.228 e. The Morgan fingerprint density at radius 1 is 0.923 bits per heavy atom. The summed E-state index contributed by atoms with van der Waals surface area (Å²) in [5.41, 5.74) is -1.26. The maximum atomic E-state index is 13.0. The van der Waals surface area contributed by atoms with E-state index in [9.17, 15) is 14.7 Å². The predicted octanol–water partition coefficient (Wildman–Crippen LogP) is 3.38. The number of ether oxygens (including phenoxy) is 1. The van der Waals surface area contributed by atoms with Gasteiger partial charge in [0, 0.05) is 12.0 Å². The molecule has 0 aromatic heterocycles. The number of hydrogen-bond donors (Lipinski definition) is 2. The number of carbonyl (C=O) groups excluding carboxylic acids is 2. The van der Waals surface area contributed by atoms with E-state index in [0.717, 1.165) is 51.4 Å². The predicted molar refractivity (Wildman–Crippen MR) is 102 cm³/mol. The summed E-state index contributed by atoms with van der Waals surface area (Å²) in [7, 11) is 0. The summed E-state index contributed by atoms with van der Waals surface area (Å²) in [4.78, 5) is 24.5. The van der Waals surface area contributed by atoms with Gasteiger partial charge in [-0.05, 0) is 86.0 Å². The SMILES string of the molecule is CC(=O)C1CCC(NC(=O)C(C)(C)C(C)(C)OC2CCC(O)CC2)CC1. The van der Waals surface area contributed by atoms with Gasteiger partial charge in [0.1, 0.15) is 5.78 Å². The Kier molecular flexibility index (Phi) is 6.89. The van der Waals surface area contributed by atoms with E-state index < -0.39 is 11.0 Å². The second-order valence-corrected chi connectivity index (χ2v) is 9.32. The summed E-state index contributed by atoms with van der Waals surface area (Å²) >= 11 is 0. The first-order valence-corrected chi connectivity index (χ1v) is 10.2. The second-order valence-electron chi connectivity index (χ2n) is 9.32. The Hall–Kier alpha value is -0.940. The maximum Gasteiger partial charge on any atom is 0.228 e. The van der Waals surface area contributed by atoms with Crippen molar-refractivity contribution in [1.29, 1.82) is 0 Å². The van der Waals surface area contributed by atoms with Gasteiger partial charge >= 0.3 is 0 Å². The lowest BCUT2D eigenvalue weighted by molar-refractivity contribution is -0.169. The molecule has 0 unspecified atom stereocenters. The maximum absolute atomic E-state index is 13.0. The molecule has 1 amide bonds. The summed E-state index contributed by atoms with van der Waals surface area (Å²) in [5.74, 6) is 0.449. The number of Topliss-reactive ketones (excluding diaryl/α,β-unsaturated/α-hetero) is 1. The first kappa shape index (κ1) is 21.4. The van der Waals surface area contributed by atoms with Crippen molar-refractivity contribution in [3.05, 3.63) is 0 Å². The van der Waals surface area contributed by atoms with E-state index in [0.29, 0.717) is 0 Å². The van der Waals surface area contributed by atoms with Crippen LogP contribution < -0.4 is 5.32 Å². The molecule has 2 aliphatic carbocycles. The average Bonchev–Trinajstić information content (AvgIpc) is 2.57. The third kappa shape index (κ3) is 5.07. The zero-order valence-electron chi connectivity index (χ0n) is 17.1. The monoisotopic (exact) mass is 367 g/mol. The quantitative estimate of drug-likeness (QED) is 0.755. The fourth-order valence-corrected chi connectivity index (χ4v) is 4.01. The van der Waals surface area contributed by atoms with Crippen LogP contribution >= 0.6 is 0 Å². The Bertz CT molecular complexity index is 498. The van der Waals surface area contributed by atoms with E-state index in [-0.39, 0.29) is 35.9 Å². The molecule has 0 aliphatic heterocycles. The minimum absolute atomic E-state index is 0.0182. The fourth-order valence-electron chi connectivity index (χ4n) is 4.01. The highest BCUT2D eigenvalue weighted by Crippen LogP contribution is 2.38. The van der Waals surface area contributed by atoms with Crippen molar-refractivity contribution in [1.82, 2.24) is 5.32 Å². The molecule has 2 rings (SSSR count). The van der Waals surface area contributed by atoms with E-state index >= 15 is 0 Å². The molecule has 0 heterocycles. The van der Waals surface area contributed by atoms with E-state index in [1.807, 2.05) is 27.7 Å². The molecule has 0 spiro atoms. The number of hydrogen-bond acceptors (Lipinski definition) is 4. The first-order valence-electron chi connectivity index (χ1n) is 10.2. The molecule has 150 valence electrons. The standard InChI is InChI=1S/C21H37NO4/c1-14(23)15-6-8-16(9-7-15)22-19(25)20(2,3)21(4,5)26-18-12-10-17(24)11-13-18/h15-18,24H,6-13H2,1-5H3,(H,22,25). The summed E-state index contributed by atoms with van der Waals surface area (Å²) in [6.45, 7) is 9.54. The molecule has 0 radical (unpaired) electrons. The number of amides is 1. The lowest BCUT2D eigenvalue weighted by Gasteiger charge is -2.44. The van der Waals surface area contributed by atoms with Crippen molar-refractivity contribution >= 4 is 11.7 Å². The Balaban J connectivity index is 1.90. The van der Waals surface area contributed by atoms with E-state index in [2.05, 4.69) is 5.32 Å². The summed E-state index contributed by atoms with van der Waals surface area (Å²) < 4.78 is 6.33. The zero-order valence-corrected chi connectivity index (χ0v) is 17.1. The normalized spacial score (nSPS) is 30.7. The molecule has 26 heavy (non-hydrogen) atoms. The molecule has 0 atom stereocenters. The first-order chi connectivity index (χ1) is 12.0. The third-order valence-corrected chi connectivity index (χ3v) is 6.82. The molecule has 2 aliphatic rings. The van der Waals surface area contributed by atoms with E-state index in [1.54, 1.807) is 6.92 Å². The van der Waals surface area contributed by atoms with E-state index in [1.165, 1.54) is 0 Å². The van der Waals surface area contributed by atoms with Crippen LogP contribution in [0.5, 0.6) is 0 Å². The van der Waals surface area contributed by atoms with Crippen LogP contribution in [0, 0.1) is 11.3 Å². The summed E-state index contributed by atoms with van der Waals surface area (Å²) in [6.07, 6.45) is 6.59. The molecule has 2 fully saturated rings. The van der Waals surface area contributed by atoms with Crippen molar-refractivity contribution in [2.45, 2.75) is 110 Å². The van der Waals surface area contributed by atoms with Gasteiger partial charge < -0.3 is 15.2 Å². The molecule has 0 saturated heterocycles. The fraction of sp³-hybridized carbons (Fsp3) is 0.905. The molecule has 0 aromatic rings. The lowest BCUT2D eigenvalue weighted by Crippen LogP contribution is -2.55. The lowest BCUT2D eigenvalue weighted by atomic mass is 9.75. The highest BCUT2D eigenvalue weighted by atomic mass is 16.5. The molecular formula is C21H37NO4. The number of nitrogens with one attached hydrogen (secondary N) is 1. The Morgan fingerprint density at radius 2 is 1.46 bits per heavy atom. The minimum Gasteiger partial charge on any atom is -0.393 e. The van der Waals surface area contributed by atoms with Gasteiger partial charge in [0.2, 0.25) is 5.91 Å². The van der Waals surface area contributed by atoms with Crippen LogP contribution in [0.1, 0.15) is 86.0 Å². The van der Waals surface area contributed by atoms with Gasteiger partial charge in [-0.15, -0.1) is 0 Å². The van der Waals surface area contributed by atoms with Gasteiger partial charge in [-0.25, -0.2) is 0 Å². The summed E-state index contributed by atoms with van der Waals surface area (Å²) in [5, 5.41) is 12.9. The molecule has 5 nitrogen and oxygen atoms in total. The number of aliphatic hydroxyl groups is 1.